The maximum absolute atomic E-state index is 4.89. The first-order valence-corrected chi connectivity index (χ1v) is 6.02. The fourth-order valence-electron chi connectivity index (χ4n) is 1.26. The van der Waals surface area contributed by atoms with Gasteiger partial charge in [0.15, 0.2) is 0 Å². The van der Waals surface area contributed by atoms with E-state index in [0.717, 1.165) is 10.2 Å². The van der Waals surface area contributed by atoms with Gasteiger partial charge in [0.25, 0.3) is 0 Å². The number of hydrogen-bond acceptors (Lipinski definition) is 0. The third kappa shape index (κ3) is 4.72. The molecule has 0 aromatic heterocycles. The Morgan fingerprint density at radius 3 is 2.31 bits per heavy atom. The zero-order chi connectivity index (χ0) is 9.52. The maximum Gasteiger partial charge on any atom is 0.0175 e. The minimum absolute atomic E-state index is 0.903. The van der Waals surface area contributed by atoms with Gasteiger partial charge in [-0.15, -0.1) is 0 Å². The Hall–Kier alpha value is 0.0500. The molecule has 0 saturated carbocycles. The van der Waals surface area contributed by atoms with Crippen molar-refractivity contribution >= 4 is 28.6 Å². The summed E-state index contributed by atoms with van der Waals surface area (Å²) in [5, 5.41) is 0. The molecule has 0 aliphatic carbocycles. The summed E-state index contributed by atoms with van der Waals surface area (Å²) in [6, 6.07) is 8.56. The van der Waals surface area contributed by atoms with Crippen molar-refractivity contribution < 1.29 is 0 Å². The predicted octanol–water partition coefficient (Wildman–Crippen LogP) is 4.36. The average Bonchev–Trinajstić information content (AvgIpc) is 2.15. The van der Waals surface area contributed by atoms with E-state index in [-0.39, 0.29) is 0 Å². The van der Waals surface area contributed by atoms with Gasteiger partial charge in [-0.3, -0.25) is 0 Å². The van der Waals surface area contributed by atoms with E-state index < -0.39 is 0 Å². The van der Waals surface area contributed by atoms with E-state index in [4.69, 9.17) is 12.6 Å². The first-order valence-electron chi connectivity index (χ1n) is 4.65. The Balaban J connectivity index is 2.25. The molecule has 0 spiro atoms. The topological polar surface area (TPSA) is 0 Å². The summed E-state index contributed by atoms with van der Waals surface area (Å²) in [5.74, 6) is 0.903. The molecule has 2 heteroatoms. The van der Waals surface area contributed by atoms with Gasteiger partial charge in [0, 0.05) is 10.2 Å². The standard InChI is InChI=1S/C11H14BrS/c12-11-7-5-10(6-8-11)4-2-1-3-9-13/h5-8H,1-4,9H2. The molecule has 0 heterocycles. The van der Waals surface area contributed by atoms with Gasteiger partial charge in [-0.25, -0.2) is 0 Å². The normalized spacial score (nSPS) is 10.3. The van der Waals surface area contributed by atoms with Crippen LogP contribution >= 0.6 is 28.6 Å². The van der Waals surface area contributed by atoms with E-state index in [1.165, 1.54) is 31.2 Å². The summed E-state index contributed by atoms with van der Waals surface area (Å²) in [6.07, 6.45) is 4.90. The molecule has 0 nitrogen and oxygen atoms in total. The van der Waals surface area contributed by atoms with Crippen LogP contribution in [0.25, 0.3) is 0 Å². The van der Waals surface area contributed by atoms with Crippen molar-refractivity contribution in [2.45, 2.75) is 25.7 Å². The van der Waals surface area contributed by atoms with Gasteiger partial charge in [-0.2, -0.15) is 0 Å². The lowest BCUT2D eigenvalue weighted by Crippen LogP contribution is -1.85. The molecule has 0 bridgehead atoms. The molecule has 1 aromatic carbocycles. The van der Waals surface area contributed by atoms with E-state index in [2.05, 4.69) is 40.2 Å². The van der Waals surface area contributed by atoms with Crippen LogP contribution in [0.4, 0.5) is 0 Å². The Morgan fingerprint density at radius 2 is 1.69 bits per heavy atom. The monoisotopic (exact) mass is 257 g/mol. The lowest BCUT2D eigenvalue weighted by atomic mass is 10.1. The molecule has 0 atom stereocenters. The molecule has 0 aliphatic rings. The fraction of sp³-hybridized carbons (Fsp3) is 0.455. The molecule has 0 unspecified atom stereocenters. The predicted molar refractivity (Wildman–Crippen MR) is 64.2 cm³/mol. The van der Waals surface area contributed by atoms with Crippen molar-refractivity contribution in [1.29, 1.82) is 0 Å². The second kappa shape index (κ2) is 6.50. The minimum atomic E-state index is 0.903. The Kier molecular flexibility index (Phi) is 5.56. The summed E-state index contributed by atoms with van der Waals surface area (Å²) in [5.41, 5.74) is 1.42. The lowest BCUT2D eigenvalue weighted by Gasteiger charge is -2.00. The van der Waals surface area contributed by atoms with Gasteiger partial charge in [0.05, 0.1) is 0 Å². The van der Waals surface area contributed by atoms with Crippen molar-refractivity contribution in [3.05, 3.63) is 34.3 Å². The highest BCUT2D eigenvalue weighted by molar-refractivity contribution is 9.10. The van der Waals surface area contributed by atoms with Gasteiger partial charge in [0.2, 0.25) is 0 Å². The van der Waals surface area contributed by atoms with Crippen LogP contribution < -0.4 is 0 Å². The van der Waals surface area contributed by atoms with Gasteiger partial charge >= 0.3 is 0 Å². The SMILES string of the molecule is [S]CCCCCc1ccc(Br)cc1. The van der Waals surface area contributed by atoms with E-state index in [9.17, 15) is 0 Å². The number of hydrogen-bond donors (Lipinski definition) is 0. The van der Waals surface area contributed by atoms with Gasteiger partial charge in [-0.1, -0.05) is 47.1 Å². The van der Waals surface area contributed by atoms with Gasteiger partial charge in [-0.05, 0) is 37.0 Å². The third-order valence-electron chi connectivity index (χ3n) is 2.02. The highest BCUT2D eigenvalue weighted by atomic mass is 79.9. The smallest absolute Gasteiger partial charge is 0.0175 e. The summed E-state index contributed by atoms with van der Waals surface area (Å²) in [7, 11) is 0. The van der Waals surface area contributed by atoms with Crippen molar-refractivity contribution in [3.63, 3.8) is 0 Å². The Morgan fingerprint density at radius 1 is 1.00 bits per heavy atom. The summed E-state index contributed by atoms with van der Waals surface area (Å²) in [4.78, 5) is 0. The van der Waals surface area contributed by atoms with Crippen LogP contribution in [0.2, 0.25) is 0 Å². The fourth-order valence-corrected chi connectivity index (χ4v) is 1.73. The molecule has 1 radical (unpaired) electrons. The van der Waals surface area contributed by atoms with Crippen molar-refractivity contribution in [2.24, 2.45) is 0 Å². The van der Waals surface area contributed by atoms with Crippen LogP contribution in [0.1, 0.15) is 24.8 Å². The maximum atomic E-state index is 4.89. The molecule has 0 fully saturated rings. The van der Waals surface area contributed by atoms with Crippen LogP contribution in [0.3, 0.4) is 0 Å². The molecule has 0 saturated heterocycles. The minimum Gasteiger partial charge on any atom is -0.0942 e. The number of aryl methyl sites for hydroxylation is 1. The molecular weight excluding hydrogens is 244 g/mol. The van der Waals surface area contributed by atoms with Crippen molar-refractivity contribution in [3.8, 4) is 0 Å². The quantitative estimate of drug-likeness (QED) is 0.688. The van der Waals surface area contributed by atoms with Gasteiger partial charge in [0.1, 0.15) is 0 Å². The molecule has 1 aromatic rings. The summed E-state index contributed by atoms with van der Waals surface area (Å²) in [6.45, 7) is 0. The molecule has 0 N–H and O–H groups in total. The molecule has 1 rings (SSSR count). The molecule has 71 valence electrons. The van der Waals surface area contributed by atoms with Crippen LogP contribution in [0.5, 0.6) is 0 Å². The first-order chi connectivity index (χ1) is 6.33. The molecule has 0 amide bonds. The van der Waals surface area contributed by atoms with E-state index >= 15 is 0 Å². The molecule has 0 aliphatic heterocycles. The average molecular weight is 258 g/mol. The second-order valence-electron chi connectivity index (χ2n) is 3.14. The highest BCUT2D eigenvalue weighted by Crippen LogP contribution is 2.12. The first kappa shape index (κ1) is 11.1. The molecule has 13 heavy (non-hydrogen) atoms. The molecular formula is C11H14BrS. The second-order valence-corrected chi connectivity index (χ2v) is 4.47. The van der Waals surface area contributed by atoms with Crippen LogP contribution in [-0.2, 0) is 6.42 Å². The van der Waals surface area contributed by atoms with Crippen LogP contribution in [0.15, 0.2) is 28.7 Å². The highest BCUT2D eigenvalue weighted by Gasteiger charge is 1.93. The number of halogens is 1. The Labute approximate surface area is 94.3 Å². The van der Waals surface area contributed by atoms with Crippen LogP contribution in [-0.4, -0.2) is 5.75 Å². The Bertz CT molecular complexity index is 230. The zero-order valence-electron chi connectivity index (χ0n) is 7.63. The summed E-state index contributed by atoms with van der Waals surface area (Å²) < 4.78 is 1.15. The van der Waals surface area contributed by atoms with Crippen molar-refractivity contribution in [1.82, 2.24) is 0 Å². The van der Waals surface area contributed by atoms with E-state index in [1.54, 1.807) is 0 Å². The van der Waals surface area contributed by atoms with Crippen LogP contribution in [0, 0.1) is 0 Å². The summed E-state index contributed by atoms with van der Waals surface area (Å²) >= 11 is 8.32. The largest absolute Gasteiger partial charge is 0.0942 e. The van der Waals surface area contributed by atoms with E-state index in [1.807, 2.05) is 0 Å². The number of rotatable bonds is 5. The van der Waals surface area contributed by atoms with Gasteiger partial charge < -0.3 is 0 Å². The van der Waals surface area contributed by atoms with E-state index in [0.29, 0.717) is 0 Å². The zero-order valence-corrected chi connectivity index (χ0v) is 10.0. The van der Waals surface area contributed by atoms with Crippen molar-refractivity contribution in [2.75, 3.05) is 5.75 Å². The number of benzene rings is 1. The number of unbranched alkanes of at least 4 members (excludes halogenated alkanes) is 2. The third-order valence-corrected chi connectivity index (χ3v) is 2.84. The lowest BCUT2D eigenvalue weighted by molar-refractivity contribution is 0.723.